The van der Waals surface area contributed by atoms with E-state index in [4.69, 9.17) is 10.00 Å². The molecule has 102 valence electrons. The third kappa shape index (κ3) is 6.27. The third-order valence-electron chi connectivity index (χ3n) is 2.00. The minimum Gasteiger partial charge on any atom is -0.444 e. The van der Waals surface area contributed by atoms with Gasteiger partial charge in [0.05, 0.1) is 0 Å². The van der Waals surface area contributed by atoms with Gasteiger partial charge in [-0.3, -0.25) is 0 Å². The molecule has 0 atom stereocenters. The first-order valence-electron chi connectivity index (χ1n) is 5.97. The van der Waals surface area contributed by atoms with Crippen LogP contribution < -0.4 is 10.6 Å². The molecule has 2 N–H and O–H groups in total. The van der Waals surface area contributed by atoms with Crippen molar-refractivity contribution in [3.8, 4) is 6.07 Å². The van der Waals surface area contributed by atoms with Crippen molar-refractivity contribution in [1.29, 1.82) is 5.26 Å². The minimum atomic E-state index is -0.496. The Labute approximate surface area is 112 Å². The number of pyridine rings is 1. The predicted molar refractivity (Wildman–Crippen MR) is 71.7 cm³/mol. The van der Waals surface area contributed by atoms with Gasteiger partial charge in [0.2, 0.25) is 0 Å². The van der Waals surface area contributed by atoms with E-state index in [1.54, 1.807) is 18.3 Å². The first-order valence-corrected chi connectivity index (χ1v) is 5.97. The van der Waals surface area contributed by atoms with Crippen molar-refractivity contribution in [3.05, 3.63) is 24.0 Å². The summed E-state index contributed by atoms with van der Waals surface area (Å²) in [6.07, 6.45) is 1.11. The van der Waals surface area contributed by atoms with Gasteiger partial charge in [0.1, 0.15) is 17.4 Å². The van der Waals surface area contributed by atoms with Crippen molar-refractivity contribution in [2.45, 2.75) is 26.4 Å². The summed E-state index contributed by atoms with van der Waals surface area (Å²) in [5.41, 5.74) is 0.646. The summed E-state index contributed by atoms with van der Waals surface area (Å²) < 4.78 is 5.10. The van der Waals surface area contributed by atoms with Crippen molar-refractivity contribution >= 4 is 11.8 Å². The van der Waals surface area contributed by atoms with Crippen molar-refractivity contribution in [1.82, 2.24) is 10.3 Å². The SMILES string of the molecule is CC(C)(C)OC(=O)NCCNc1ccnc(C#N)c1. The van der Waals surface area contributed by atoms with Crippen LogP contribution in [-0.2, 0) is 4.74 Å². The van der Waals surface area contributed by atoms with Crippen LogP contribution in [0, 0.1) is 11.3 Å². The van der Waals surface area contributed by atoms with E-state index in [0.717, 1.165) is 5.69 Å². The molecule has 0 saturated heterocycles. The van der Waals surface area contributed by atoms with Crippen LogP contribution in [-0.4, -0.2) is 29.8 Å². The van der Waals surface area contributed by atoms with Crippen LogP contribution in [0.15, 0.2) is 18.3 Å². The molecule has 0 aliphatic heterocycles. The number of nitrogens with one attached hydrogen (secondary N) is 2. The lowest BCUT2D eigenvalue weighted by atomic mass is 10.2. The van der Waals surface area contributed by atoms with Crippen molar-refractivity contribution < 1.29 is 9.53 Å². The number of nitrogens with zero attached hydrogens (tertiary/aromatic N) is 2. The zero-order valence-corrected chi connectivity index (χ0v) is 11.4. The van der Waals surface area contributed by atoms with E-state index in [0.29, 0.717) is 18.8 Å². The zero-order valence-electron chi connectivity index (χ0n) is 11.4. The maximum Gasteiger partial charge on any atom is 0.407 e. The fraction of sp³-hybridized carbons (Fsp3) is 0.462. The predicted octanol–water partition coefficient (Wildman–Crippen LogP) is 1.89. The summed E-state index contributed by atoms with van der Waals surface area (Å²) in [6, 6.07) is 5.37. The van der Waals surface area contributed by atoms with E-state index in [9.17, 15) is 4.79 Å². The lowest BCUT2D eigenvalue weighted by Gasteiger charge is -2.19. The van der Waals surface area contributed by atoms with Gasteiger partial charge >= 0.3 is 6.09 Å². The largest absolute Gasteiger partial charge is 0.444 e. The molecule has 1 amide bonds. The first-order chi connectivity index (χ1) is 8.90. The molecule has 0 aliphatic rings. The highest BCUT2D eigenvalue weighted by Gasteiger charge is 2.15. The second-order valence-corrected chi connectivity index (χ2v) is 4.90. The number of alkyl carbamates (subject to hydrolysis) is 1. The van der Waals surface area contributed by atoms with Gasteiger partial charge in [0, 0.05) is 25.0 Å². The number of anilines is 1. The van der Waals surface area contributed by atoms with Gasteiger partial charge < -0.3 is 15.4 Å². The molecule has 6 nitrogen and oxygen atoms in total. The van der Waals surface area contributed by atoms with E-state index >= 15 is 0 Å². The second kappa shape index (κ2) is 6.59. The summed E-state index contributed by atoms with van der Waals surface area (Å²) in [5.74, 6) is 0. The molecule has 0 aliphatic carbocycles. The lowest BCUT2D eigenvalue weighted by molar-refractivity contribution is 0.0530. The molecule has 0 spiro atoms. The first kappa shape index (κ1) is 14.8. The lowest BCUT2D eigenvalue weighted by Crippen LogP contribution is -2.35. The van der Waals surface area contributed by atoms with Gasteiger partial charge in [0.15, 0.2) is 0 Å². The Kier molecular flexibility index (Phi) is 5.12. The molecular formula is C13H18N4O2. The summed E-state index contributed by atoms with van der Waals surface area (Å²) >= 11 is 0. The molecule has 1 aromatic rings. The number of amides is 1. The highest BCUT2D eigenvalue weighted by Crippen LogP contribution is 2.07. The number of ether oxygens (including phenoxy) is 1. The Bertz CT molecular complexity index is 474. The van der Waals surface area contributed by atoms with E-state index < -0.39 is 11.7 Å². The van der Waals surface area contributed by atoms with Crippen molar-refractivity contribution in [2.75, 3.05) is 18.4 Å². The maximum atomic E-state index is 11.4. The molecule has 1 aromatic heterocycles. The monoisotopic (exact) mass is 262 g/mol. The zero-order chi connectivity index (χ0) is 14.3. The number of nitriles is 1. The Balaban J connectivity index is 2.28. The fourth-order valence-electron chi connectivity index (χ4n) is 1.29. The highest BCUT2D eigenvalue weighted by molar-refractivity contribution is 5.67. The molecule has 0 bridgehead atoms. The summed E-state index contributed by atoms with van der Waals surface area (Å²) in [5, 5.41) is 14.4. The third-order valence-corrected chi connectivity index (χ3v) is 2.00. The van der Waals surface area contributed by atoms with E-state index in [-0.39, 0.29) is 0 Å². The van der Waals surface area contributed by atoms with Crippen LogP contribution >= 0.6 is 0 Å². The Morgan fingerprint density at radius 2 is 2.21 bits per heavy atom. The van der Waals surface area contributed by atoms with E-state index in [1.807, 2.05) is 26.8 Å². The quantitative estimate of drug-likeness (QED) is 0.809. The Morgan fingerprint density at radius 3 is 2.84 bits per heavy atom. The molecule has 1 rings (SSSR count). The van der Waals surface area contributed by atoms with Crippen LogP contribution in [0.4, 0.5) is 10.5 Å². The number of carbonyl (C=O) groups excluding carboxylic acids is 1. The average molecular weight is 262 g/mol. The van der Waals surface area contributed by atoms with Crippen LogP contribution in [0.5, 0.6) is 0 Å². The van der Waals surface area contributed by atoms with Gasteiger partial charge in [-0.15, -0.1) is 0 Å². The second-order valence-electron chi connectivity index (χ2n) is 4.90. The average Bonchev–Trinajstić information content (AvgIpc) is 2.33. The van der Waals surface area contributed by atoms with E-state index in [1.165, 1.54) is 0 Å². The van der Waals surface area contributed by atoms with Crippen LogP contribution in [0.3, 0.4) is 0 Å². The normalized spacial score (nSPS) is 10.4. The van der Waals surface area contributed by atoms with Crippen LogP contribution in [0.2, 0.25) is 0 Å². The van der Waals surface area contributed by atoms with Crippen LogP contribution in [0.1, 0.15) is 26.5 Å². The van der Waals surface area contributed by atoms with Gasteiger partial charge in [-0.2, -0.15) is 5.26 Å². The molecule has 0 fully saturated rings. The highest BCUT2D eigenvalue weighted by atomic mass is 16.6. The summed E-state index contributed by atoms with van der Waals surface area (Å²) in [4.78, 5) is 15.2. The van der Waals surface area contributed by atoms with Crippen LogP contribution in [0.25, 0.3) is 0 Å². The fourth-order valence-corrected chi connectivity index (χ4v) is 1.29. The van der Waals surface area contributed by atoms with Gasteiger partial charge in [-0.1, -0.05) is 0 Å². The van der Waals surface area contributed by atoms with Crippen molar-refractivity contribution in [3.63, 3.8) is 0 Å². The van der Waals surface area contributed by atoms with Gasteiger partial charge in [0.25, 0.3) is 0 Å². The molecule has 0 unspecified atom stereocenters. The standard InChI is InChI=1S/C13H18N4O2/c1-13(2,3)19-12(18)17-7-6-16-10-4-5-15-11(8-10)9-14/h4-5,8H,6-7H2,1-3H3,(H,15,16)(H,17,18). The summed E-state index contributed by atoms with van der Waals surface area (Å²) in [7, 11) is 0. The molecular weight excluding hydrogens is 244 g/mol. The number of hydrogen-bond donors (Lipinski definition) is 2. The number of hydrogen-bond acceptors (Lipinski definition) is 5. The van der Waals surface area contributed by atoms with Gasteiger partial charge in [-0.25, -0.2) is 9.78 Å². The smallest absolute Gasteiger partial charge is 0.407 e. The molecule has 1 heterocycles. The minimum absolute atomic E-state index is 0.352. The topological polar surface area (TPSA) is 87.0 Å². The number of rotatable bonds is 4. The number of carbonyl (C=O) groups is 1. The maximum absolute atomic E-state index is 11.4. The Hall–Kier alpha value is -2.29. The summed E-state index contributed by atoms with van der Waals surface area (Å²) in [6.45, 7) is 6.40. The molecule has 0 radical (unpaired) electrons. The number of aromatic nitrogens is 1. The molecule has 0 saturated carbocycles. The van der Waals surface area contributed by atoms with Gasteiger partial charge in [-0.05, 0) is 32.9 Å². The van der Waals surface area contributed by atoms with Crippen molar-refractivity contribution in [2.24, 2.45) is 0 Å². The molecule has 6 heteroatoms. The van der Waals surface area contributed by atoms with E-state index in [2.05, 4.69) is 15.6 Å². The molecule has 19 heavy (non-hydrogen) atoms. The Morgan fingerprint density at radius 1 is 1.47 bits per heavy atom. The molecule has 0 aromatic carbocycles.